The van der Waals surface area contributed by atoms with Crippen molar-refractivity contribution >= 4 is 25.1 Å². The SMILES string of the molecule is C[Si](C)(C)CCOCn1nc(-c2c[nH]c(C(=O)O)c2)c2cc(-c3cccnc3)cnc21. The van der Waals surface area contributed by atoms with Crippen molar-refractivity contribution < 1.29 is 14.6 Å². The summed E-state index contributed by atoms with van der Waals surface area (Å²) in [7, 11) is -1.19. The maximum Gasteiger partial charge on any atom is 0.352 e. The van der Waals surface area contributed by atoms with Crippen molar-refractivity contribution in [2.24, 2.45) is 0 Å². The number of pyridine rings is 2. The number of H-pyrrole nitrogens is 1. The second-order valence-corrected chi connectivity index (χ2v) is 14.3. The molecule has 4 aromatic rings. The number of aromatic amines is 1. The molecule has 0 saturated carbocycles. The van der Waals surface area contributed by atoms with E-state index in [0.717, 1.165) is 22.6 Å². The number of fused-ring (bicyclic) bond motifs is 1. The third-order valence-electron chi connectivity index (χ3n) is 4.98. The highest BCUT2D eigenvalue weighted by atomic mass is 28.3. The highest BCUT2D eigenvalue weighted by Crippen LogP contribution is 2.31. The molecule has 9 heteroatoms. The van der Waals surface area contributed by atoms with Gasteiger partial charge in [-0.05, 0) is 24.2 Å². The van der Waals surface area contributed by atoms with Gasteiger partial charge >= 0.3 is 5.97 Å². The standard InChI is InChI=1S/C22H25N5O3Si/c1-31(2,3)8-7-30-14-27-21-18(9-16(12-25-21)15-5-4-6-23-11-15)20(26-27)17-10-19(22(28)29)24-13-17/h4-6,9-13,24H,7-8,14H2,1-3H3,(H,28,29). The fraction of sp³-hybridized carbons (Fsp3) is 0.273. The van der Waals surface area contributed by atoms with Crippen LogP contribution in [0.25, 0.3) is 33.4 Å². The van der Waals surface area contributed by atoms with Crippen LogP contribution >= 0.6 is 0 Å². The van der Waals surface area contributed by atoms with E-state index < -0.39 is 14.0 Å². The molecule has 0 fully saturated rings. The summed E-state index contributed by atoms with van der Waals surface area (Å²) in [6.07, 6.45) is 6.96. The van der Waals surface area contributed by atoms with Crippen LogP contribution in [0.3, 0.4) is 0 Å². The molecule has 0 amide bonds. The minimum atomic E-state index is -1.19. The number of hydrogen-bond acceptors (Lipinski definition) is 5. The van der Waals surface area contributed by atoms with E-state index >= 15 is 0 Å². The minimum absolute atomic E-state index is 0.112. The van der Waals surface area contributed by atoms with Crippen molar-refractivity contribution in [3.05, 3.63) is 54.7 Å². The Kier molecular flexibility index (Phi) is 5.70. The second-order valence-electron chi connectivity index (χ2n) is 8.64. The fourth-order valence-electron chi connectivity index (χ4n) is 3.24. The Morgan fingerprint density at radius 1 is 1.19 bits per heavy atom. The Hall–Kier alpha value is -3.30. The van der Waals surface area contributed by atoms with Gasteiger partial charge in [0.1, 0.15) is 18.1 Å². The molecule has 0 unspecified atom stereocenters. The molecule has 0 aliphatic carbocycles. The van der Waals surface area contributed by atoms with Crippen LogP contribution in [0.15, 0.2) is 49.1 Å². The second kappa shape index (κ2) is 8.44. The van der Waals surface area contributed by atoms with E-state index in [4.69, 9.17) is 9.84 Å². The number of aromatic carboxylic acids is 1. The lowest BCUT2D eigenvalue weighted by atomic mass is 10.1. The Labute approximate surface area is 180 Å². The molecule has 4 rings (SSSR count). The summed E-state index contributed by atoms with van der Waals surface area (Å²) in [5, 5.41) is 14.8. The number of ether oxygens (including phenoxy) is 1. The van der Waals surface area contributed by atoms with Gasteiger partial charge < -0.3 is 14.8 Å². The molecule has 0 saturated heterocycles. The number of carbonyl (C=O) groups is 1. The quantitative estimate of drug-likeness (QED) is 0.312. The summed E-state index contributed by atoms with van der Waals surface area (Å²) < 4.78 is 7.63. The number of hydrogen-bond donors (Lipinski definition) is 2. The lowest BCUT2D eigenvalue weighted by Gasteiger charge is -2.15. The molecule has 2 N–H and O–H groups in total. The molecule has 0 aromatic carbocycles. The van der Waals surface area contributed by atoms with E-state index in [2.05, 4.69) is 34.6 Å². The molecule has 0 atom stereocenters. The molecule has 0 spiro atoms. The lowest BCUT2D eigenvalue weighted by Crippen LogP contribution is -2.22. The normalized spacial score (nSPS) is 11.8. The first kappa shape index (κ1) is 20.9. The summed E-state index contributed by atoms with van der Waals surface area (Å²) in [5.74, 6) is -1.01. The van der Waals surface area contributed by atoms with Crippen LogP contribution in [0.2, 0.25) is 25.7 Å². The smallest absolute Gasteiger partial charge is 0.352 e. The van der Waals surface area contributed by atoms with E-state index in [1.807, 2.05) is 18.2 Å². The molecule has 4 aromatic heterocycles. The highest BCUT2D eigenvalue weighted by molar-refractivity contribution is 6.76. The molecule has 160 valence electrons. The van der Waals surface area contributed by atoms with E-state index in [-0.39, 0.29) is 12.4 Å². The Morgan fingerprint density at radius 3 is 2.71 bits per heavy atom. The van der Waals surface area contributed by atoms with E-state index in [1.165, 1.54) is 0 Å². The number of nitrogens with zero attached hydrogens (tertiary/aromatic N) is 4. The average molecular weight is 436 g/mol. The van der Waals surface area contributed by atoms with Crippen molar-refractivity contribution in [2.45, 2.75) is 32.4 Å². The van der Waals surface area contributed by atoms with Gasteiger partial charge in [0.2, 0.25) is 0 Å². The Morgan fingerprint density at radius 2 is 2.03 bits per heavy atom. The van der Waals surface area contributed by atoms with Gasteiger partial charge in [-0.2, -0.15) is 5.10 Å². The van der Waals surface area contributed by atoms with E-state index in [0.29, 0.717) is 23.5 Å². The number of rotatable bonds is 8. The molecule has 8 nitrogen and oxygen atoms in total. The summed E-state index contributed by atoms with van der Waals surface area (Å²) >= 11 is 0. The van der Waals surface area contributed by atoms with E-state index in [9.17, 15) is 9.90 Å². The zero-order valence-electron chi connectivity index (χ0n) is 17.8. The van der Waals surface area contributed by atoms with Gasteiger partial charge in [-0.3, -0.25) is 4.98 Å². The van der Waals surface area contributed by atoms with Crippen LogP contribution < -0.4 is 0 Å². The van der Waals surface area contributed by atoms with Crippen molar-refractivity contribution in [3.63, 3.8) is 0 Å². The minimum Gasteiger partial charge on any atom is -0.477 e. The first-order valence-corrected chi connectivity index (χ1v) is 13.8. The molecule has 0 radical (unpaired) electrons. The predicted octanol–water partition coefficient (Wildman–Crippen LogP) is 4.50. The maximum absolute atomic E-state index is 11.3. The van der Waals surface area contributed by atoms with Gasteiger partial charge in [0.25, 0.3) is 0 Å². The molecular weight excluding hydrogens is 410 g/mol. The molecular formula is C22H25N5O3Si. The summed E-state index contributed by atoms with van der Waals surface area (Å²) in [4.78, 5) is 22.9. The average Bonchev–Trinajstić information content (AvgIpc) is 3.36. The molecule has 0 aliphatic rings. The van der Waals surface area contributed by atoms with Gasteiger partial charge in [0.15, 0.2) is 5.65 Å². The largest absolute Gasteiger partial charge is 0.477 e. The first-order valence-electron chi connectivity index (χ1n) is 10.1. The van der Waals surface area contributed by atoms with Crippen molar-refractivity contribution in [1.29, 1.82) is 0 Å². The van der Waals surface area contributed by atoms with Crippen LogP contribution in [0.1, 0.15) is 10.5 Å². The third-order valence-corrected chi connectivity index (χ3v) is 6.68. The van der Waals surface area contributed by atoms with Crippen LogP contribution in [-0.4, -0.2) is 50.5 Å². The molecule has 31 heavy (non-hydrogen) atoms. The Bertz CT molecular complexity index is 1210. The number of carboxylic acid groups (broad SMARTS) is 1. The van der Waals surface area contributed by atoms with Gasteiger partial charge in [0.05, 0.1) is 0 Å². The summed E-state index contributed by atoms with van der Waals surface area (Å²) in [6.45, 7) is 7.89. The fourth-order valence-corrected chi connectivity index (χ4v) is 3.99. The highest BCUT2D eigenvalue weighted by Gasteiger charge is 2.18. The zero-order valence-corrected chi connectivity index (χ0v) is 18.8. The number of aromatic nitrogens is 5. The zero-order chi connectivity index (χ0) is 22.0. The lowest BCUT2D eigenvalue weighted by molar-refractivity contribution is 0.0691. The third kappa shape index (κ3) is 4.73. The molecule has 0 bridgehead atoms. The molecule has 0 aliphatic heterocycles. The van der Waals surface area contributed by atoms with Crippen LogP contribution in [-0.2, 0) is 11.5 Å². The maximum atomic E-state index is 11.3. The number of carboxylic acids is 1. The number of nitrogens with one attached hydrogen (secondary N) is 1. The monoisotopic (exact) mass is 435 g/mol. The van der Waals surface area contributed by atoms with Crippen LogP contribution in [0, 0.1) is 0 Å². The molecule has 4 heterocycles. The first-order chi connectivity index (χ1) is 14.8. The van der Waals surface area contributed by atoms with Gasteiger partial charge in [-0.15, -0.1) is 0 Å². The van der Waals surface area contributed by atoms with Crippen molar-refractivity contribution in [2.75, 3.05) is 6.61 Å². The van der Waals surface area contributed by atoms with Crippen LogP contribution in [0.5, 0.6) is 0 Å². The van der Waals surface area contributed by atoms with E-state index in [1.54, 1.807) is 35.5 Å². The van der Waals surface area contributed by atoms with Gasteiger partial charge in [-0.25, -0.2) is 14.5 Å². The summed E-state index contributed by atoms with van der Waals surface area (Å²) in [6, 6.07) is 8.50. The Balaban J connectivity index is 1.73. The van der Waals surface area contributed by atoms with Gasteiger partial charge in [0, 0.05) is 61.5 Å². The van der Waals surface area contributed by atoms with Gasteiger partial charge in [-0.1, -0.05) is 25.7 Å². The van der Waals surface area contributed by atoms with Crippen molar-refractivity contribution in [1.82, 2.24) is 24.7 Å². The topological polar surface area (TPSA) is 106 Å². The summed E-state index contributed by atoms with van der Waals surface area (Å²) in [5.41, 5.74) is 4.01. The predicted molar refractivity (Wildman–Crippen MR) is 122 cm³/mol. The van der Waals surface area contributed by atoms with Crippen LogP contribution in [0.4, 0.5) is 0 Å². The van der Waals surface area contributed by atoms with Crippen molar-refractivity contribution in [3.8, 4) is 22.4 Å².